The Labute approximate surface area is 155 Å². The molecule has 3 aromatic rings. The number of aromatic amines is 1. The van der Waals surface area contributed by atoms with Gasteiger partial charge in [-0.15, -0.1) is 0 Å². The number of nitrogens with one attached hydrogen (secondary N) is 1. The first-order valence-electron chi connectivity index (χ1n) is 8.94. The Bertz CT molecular complexity index is 1040. The lowest BCUT2D eigenvalue weighted by molar-refractivity contribution is 0.0369. The summed E-state index contributed by atoms with van der Waals surface area (Å²) in [5, 5.41) is 4.78. The third kappa shape index (κ3) is 3.21. The lowest BCUT2D eigenvalue weighted by Gasteiger charge is -2.33. The minimum Gasteiger partial charge on any atom is -0.370 e. The standard InChI is InChI=1S/C19H22FN5O2/c1-19(2,3)25-16-13(10-21-25)17(26)23-18(22-16)24-8-9-27-15(11-24)12-6-4-5-7-14(12)20/h4-7,10,15H,8-9,11H2,1-3H3,(H,22,23,26). The molecule has 7 nitrogen and oxygen atoms in total. The summed E-state index contributed by atoms with van der Waals surface area (Å²) in [5.74, 6) is 0.148. The number of nitrogens with zero attached hydrogens (tertiary/aromatic N) is 4. The van der Waals surface area contributed by atoms with Gasteiger partial charge in [-0.1, -0.05) is 18.2 Å². The van der Waals surface area contributed by atoms with Crippen molar-refractivity contribution < 1.29 is 9.13 Å². The van der Waals surface area contributed by atoms with Crippen LogP contribution in [-0.2, 0) is 10.3 Å². The molecule has 8 heteroatoms. The van der Waals surface area contributed by atoms with Crippen molar-refractivity contribution in [3.8, 4) is 0 Å². The van der Waals surface area contributed by atoms with E-state index >= 15 is 0 Å². The van der Waals surface area contributed by atoms with Gasteiger partial charge in [0.1, 0.15) is 17.3 Å². The first kappa shape index (κ1) is 17.7. The van der Waals surface area contributed by atoms with Crippen LogP contribution in [0.5, 0.6) is 0 Å². The minimum absolute atomic E-state index is 0.237. The second kappa shape index (κ2) is 6.45. The second-order valence-corrected chi connectivity index (χ2v) is 7.68. The van der Waals surface area contributed by atoms with Crippen LogP contribution >= 0.6 is 0 Å². The fourth-order valence-electron chi connectivity index (χ4n) is 3.31. The molecule has 3 heterocycles. The van der Waals surface area contributed by atoms with Crippen LogP contribution in [0, 0.1) is 5.82 Å². The van der Waals surface area contributed by atoms with Gasteiger partial charge in [0.15, 0.2) is 5.65 Å². The Hall–Kier alpha value is -2.74. The quantitative estimate of drug-likeness (QED) is 0.749. The van der Waals surface area contributed by atoms with Gasteiger partial charge in [-0.25, -0.2) is 9.07 Å². The van der Waals surface area contributed by atoms with E-state index in [1.807, 2.05) is 25.7 Å². The first-order chi connectivity index (χ1) is 12.8. The third-order valence-electron chi connectivity index (χ3n) is 4.68. The number of halogens is 1. The molecule has 1 saturated heterocycles. The molecule has 1 aliphatic heterocycles. The van der Waals surface area contributed by atoms with Crippen molar-refractivity contribution in [2.24, 2.45) is 0 Å². The molecule has 4 rings (SSSR count). The normalized spacial score (nSPS) is 18.2. The molecule has 0 saturated carbocycles. The number of hydrogen-bond donors (Lipinski definition) is 1. The van der Waals surface area contributed by atoms with Crippen LogP contribution in [0.3, 0.4) is 0 Å². The summed E-state index contributed by atoms with van der Waals surface area (Å²) in [6, 6.07) is 6.58. The zero-order valence-electron chi connectivity index (χ0n) is 15.6. The molecule has 1 aromatic carbocycles. The molecule has 0 amide bonds. The van der Waals surface area contributed by atoms with Gasteiger partial charge in [-0.3, -0.25) is 9.78 Å². The number of H-pyrrole nitrogens is 1. The SMILES string of the molecule is CC(C)(C)n1ncc2c(=O)[nH]c(N3CCOC(c4ccccc4F)C3)nc21. The van der Waals surface area contributed by atoms with Crippen molar-refractivity contribution in [2.45, 2.75) is 32.4 Å². The van der Waals surface area contributed by atoms with E-state index in [4.69, 9.17) is 4.74 Å². The van der Waals surface area contributed by atoms with Gasteiger partial charge >= 0.3 is 0 Å². The van der Waals surface area contributed by atoms with Gasteiger partial charge in [0.05, 0.1) is 24.9 Å². The molecule has 27 heavy (non-hydrogen) atoms. The number of ether oxygens (including phenoxy) is 1. The van der Waals surface area contributed by atoms with Gasteiger partial charge < -0.3 is 9.64 Å². The first-order valence-corrected chi connectivity index (χ1v) is 8.94. The molecular weight excluding hydrogens is 349 g/mol. The van der Waals surface area contributed by atoms with Crippen molar-refractivity contribution in [1.29, 1.82) is 0 Å². The molecule has 142 valence electrons. The lowest BCUT2D eigenvalue weighted by atomic mass is 10.1. The highest BCUT2D eigenvalue weighted by atomic mass is 19.1. The van der Waals surface area contributed by atoms with Crippen molar-refractivity contribution >= 4 is 17.0 Å². The highest BCUT2D eigenvalue weighted by molar-refractivity contribution is 5.74. The van der Waals surface area contributed by atoms with Crippen LogP contribution in [0.4, 0.5) is 10.3 Å². The van der Waals surface area contributed by atoms with E-state index in [1.54, 1.807) is 22.9 Å². The maximum Gasteiger partial charge on any atom is 0.263 e. The summed E-state index contributed by atoms with van der Waals surface area (Å²) in [5.41, 5.74) is 0.500. The molecule has 1 aliphatic rings. The van der Waals surface area contributed by atoms with Crippen LogP contribution in [-0.4, -0.2) is 39.4 Å². The van der Waals surface area contributed by atoms with Gasteiger partial charge in [-0.2, -0.15) is 10.1 Å². The fraction of sp³-hybridized carbons (Fsp3) is 0.421. The Balaban J connectivity index is 1.71. The van der Waals surface area contributed by atoms with E-state index in [9.17, 15) is 9.18 Å². The molecule has 1 N–H and O–H groups in total. The molecule has 1 unspecified atom stereocenters. The van der Waals surface area contributed by atoms with Crippen molar-refractivity contribution in [3.63, 3.8) is 0 Å². The predicted molar refractivity (Wildman–Crippen MR) is 100 cm³/mol. The number of rotatable bonds is 2. The number of anilines is 1. The highest BCUT2D eigenvalue weighted by Crippen LogP contribution is 2.27. The minimum atomic E-state index is -0.423. The maximum atomic E-state index is 14.1. The molecule has 1 atom stereocenters. The van der Waals surface area contributed by atoms with Gasteiger partial charge in [0.25, 0.3) is 5.56 Å². The lowest BCUT2D eigenvalue weighted by Crippen LogP contribution is -2.40. The van der Waals surface area contributed by atoms with Crippen LogP contribution in [0.2, 0.25) is 0 Å². The number of hydrogen-bond acceptors (Lipinski definition) is 5. The summed E-state index contributed by atoms with van der Waals surface area (Å²) in [4.78, 5) is 21.9. The zero-order chi connectivity index (χ0) is 19.2. The fourth-order valence-corrected chi connectivity index (χ4v) is 3.31. The van der Waals surface area contributed by atoms with Crippen molar-refractivity contribution in [1.82, 2.24) is 19.7 Å². The summed E-state index contributed by atoms with van der Waals surface area (Å²) in [6.07, 6.45) is 1.12. The zero-order valence-corrected chi connectivity index (χ0v) is 15.6. The number of benzene rings is 1. The molecule has 2 aromatic heterocycles. The predicted octanol–water partition coefficient (Wildman–Crippen LogP) is 2.59. The Morgan fingerprint density at radius 1 is 1.30 bits per heavy atom. The highest BCUT2D eigenvalue weighted by Gasteiger charge is 2.27. The third-order valence-corrected chi connectivity index (χ3v) is 4.68. The van der Waals surface area contributed by atoms with Crippen LogP contribution in [0.15, 0.2) is 35.3 Å². The average molecular weight is 371 g/mol. The van der Waals surface area contributed by atoms with E-state index < -0.39 is 6.10 Å². The number of fused-ring (bicyclic) bond motifs is 1. The summed E-state index contributed by atoms with van der Waals surface area (Å²) in [7, 11) is 0. The summed E-state index contributed by atoms with van der Waals surface area (Å²) in [6.45, 7) is 7.39. The molecule has 0 bridgehead atoms. The molecular formula is C19H22FN5O2. The summed E-state index contributed by atoms with van der Waals surface area (Å²) < 4.78 is 21.6. The Morgan fingerprint density at radius 3 is 2.81 bits per heavy atom. The molecule has 1 fully saturated rings. The smallest absolute Gasteiger partial charge is 0.263 e. The van der Waals surface area contributed by atoms with Crippen LogP contribution in [0.1, 0.15) is 32.4 Å². The van der Waals surface area contributed by atoms with E-state index in [2.05, 4.69) is 15.1 Å². The van der Waals surface area contributed by atoms with Gasteiger partial charge in [0, 0.05) is 12.1 Å². The number of morpholine rings is 1. The van der Waals surface area contributed by atoms with E-state index in [0.717, 1.165) is 0 Å². The van der Waals surface area contributed by atoms with Crippen LogP contribution < -0.4 is 10.5 Å². The monoisotopic (exact) mass is 371 g/mol. The molecule has 0 aliphatic carbocycles. The van der Waals surface area contributed by atoms with Crippen molar-refractivity contribution in [3.05, 3.63) is 52.2 Å². The molecule has 0 spiro atoms. The summed E-state index contributed by atoms with van der Waals surface area (Å²) >= 11 is 0. The Morgan fingerprint density at radius 2 is 2.07 bits per heavy atom. The van der Waals surface area contributed by atoms with Crippen LogP contribution in [0.25, 0.3) is 11.0 Å². The Kier molecular flexibility index (Phi) is 4.22. The maximum absolute atomic E-state index is 14.1. The van der Waals surface area contributed by atoms with E-state index in [1.165, 1.54) is 12.3 Å². The van der Waals surface area contributed by atoms with E-state index in [0.29, 0.717) is 42.2 Å². The van der Waals surface area contributed by atoms with Gasteiger partial charge in [0.2, 0.25) is 5.95 Å². The van der Waals surface area contributed by atoms with Gasteiger partial charge in [-0.05, 0) is 26.8 Å². The van der Waals surface area contributed by atoms with E-state index in [-0.39, 0.29) is 16.9 Å². The topological polar surface area (TPSA) is 76.0 Å². The average Bonchev–Trinajstić information content (AvgIpc) is 3.07. The molecule has 0 radical (unpaired) electrons. The number of aromatic nitrogens is 4. The van der Waals surface area contributed by atoms with Crippen molar-refractivity contribution in [2.75, 3.05) is 24.6 Å². The largest absolute Gasteiger partial charge is 0.370 e. The second-order valence-electron chi connectivity index (χ2n) is 7.68.